The fraction of sp³-hybridized carbons (Fsp3) is 0.562. The number of amides is 1. The van der Waals surface area contributed by atoms with Gasteiger partial charge in [0, 0.05) is 30.7 Å². The number of aromatic nitrogens is 3. The van der Waals surface area contributed by atoms with Crippen LogP contribution in [-0.2, 0) is 11.8 Å². The number of carbonyl (C=O) groups is 1. The number of aryl methyl sites for hydroxylation is 1. The third-order valence-corrected chi connectivity index (χ3v) is 5.56. The molecule has 122 valence electrons. The first-order valence-electron chi connectivity index (χ1n) is 8.09. The summed E-state index contributed by atoms with van der Waals surface area (Å²) in [4.78, 5) is 19.4. The fourth-order valence-electron chi connectivity index (χ4n) is 3.53. The zero-order chi connectivity index (χ0) is 15.8. The van der Waals surface area contributed by atoms with Crippen molar-refractivity contribution in [3.63, 3.8) is 0 Å². The van der Waals surface area contributed by atoms with Gasteiger partial charge >= 0.3 is 0 Å². The lowest BCUT2D eigenvalue weighted by molar-refractivity contribution is -0.0754. The smallest absolute Gasteiger partial charge is 0.273 e. The fourth-order valence-corrected chi connectivity index (χ4v) is 4.30. The number of hydrogen-bond acceptors (Lipinski definition) is 5. The first-order valence-corrected chi connectivity index (χ1v) is 8.97. The zero-order valence-corrected chi connectivity index (χ0v) is 14.0. The van der Waals surface area contributed by atoms with Crippen molar-refractivity contribution in [2.24, 2.45) is 7.05 Å². The van der Waals surface area contributed by atoms with E-state index in [9.17, 15) is 4.79 Å². The molecule has 2 fully saturated rings. The molecule has 0 N–H and O–H groups in total. The lowest BCUT2D eigenvalue weighted by Crippen LogP contribution is -2.54. The van der Waals surface area contributed by atoms with Crippen molar-refractivity contribution >= 4 is 17.2 Å². The van der Waals surface area contributed by atoms with E-state index in [1.54, 1.807) is 10.9 Å². The molecule has 4 rings (SSSR count). The quantitative estimate of drug-likeness (QED) is 0.847. The molecule has 2 aliphatic rings. The Hall–Kier alpha value is -1.73. The van der Waals surface area contributed by atoms with Gasteiger partial charge in [0.25, 0.3) is 5.91 Å². The van der Waals surface area contributed by atoms with Crippen molar-refractivity contribution in [1.29, 1.82) is 0 Å². The van der Waals surface area contributed by atoms with Crippen LogP contribution in [0.25, 0.3) is 10.6 Å². The molecular weight excluding hydrogens is 312 g/mol. The minimum Gasteiger partial charge on any atom is -0.374 e. The molecule has 0 spiro atoms. The van der Waals surface area contributed by atoms with E-state index in [2.05, 4.69) is 10.1 Å². The van der Waals surface area contributed by atoms with E-state index in [1.807, 2.05) is 23.5 Å². The third kappa shape index (κ3) is 2.79. The number of rotatable bonds is 2. The molecule has 1 aliphatic heterocycles. The zero-order valence-electron chi connectivity index (χ0n) is 13.1. The molecule has 0 bridgehead atoms. The minimum atomic E-state index is 0.0385. The predicted molar refractivity (Wildman–Crippen MR) is 87.3 cm³/mol. The highest BCUT2D eigenvalue weighted by atomic mass is 32.1. The van der Waals surface area contributed by atoms with Crippen LogP contribution < -0.4 is 0 Å². The number of morpholine rings is 1. The van der Waals surface area contributed by atoms with E-state index in [1.165, 1.54) is 24.2 Å². The molecule has 3 heterocycles. The van der Waals surface area contributed by atoms with Gasteiger partial charge in [0.15, 0.2) is 0 Å². The lowest BCUT2D eigenvalue weighted by atomic mass is 9.90. The topological polar surface area (TPSA) is 60.2 Å². The van der Waals surface area contributed by atoms with Gasteiger partial charge < -0.3 is 9.64 Å². The molecule has 6 nitrogen and oxygen atoms in total. The van der Waals surface area contributed by atoms with Crippen molar-refractivity contribution < 1.29 is 9.53 Å². The second kappa shape index (κ2) is 6.05. The van der Waals surface area contributed by atoms with Gasteiger partial charge in [-0.1, -0.05) is 12.8 Å². The molecular formula is C16H20N4O2S. The van der Waals surface area contributed by atoms with Crippen LogP contribution in [0.15, 0.2) is 17.8 Å². The first-order chi connectivity index (χ1) is 11.2. The third-order valence-electron chi connectivity index (χ3n) is 4.67. The largest absolute Gasteiger partial charge is 0.374 e. The van der Waals surface area contributed by atoms with Crippen molar-refractivity contribution in [3.05, 3.63) is 23.5 Å². The molecule has 2 atom stereocenters. The average Bonchev–Trinajstić information content (AvgIpc) is 3.22. The molecule has 1 saturated carbocycles. The van der Waals surface area contributed by atoms with Crippen molar-refractivity contribution in [2.45, 2.75) is 37.8 Å². The van der Waals surface area contributed by atoms with Gasteiger partial charge in [0.05, 0.1) is 24.9 Å². The summed E-state index contributed by atoms with van der Waals surface area (Å²) in [5, 5.41) is 6.86. The maximum Gasteiger partial charge on any atom is 0.273 e. The molecule has 0 radical (unpaired) electrons. The Morgan fingerprint density at radius 1 is 1.39 bits per heavy atom. The summed E-state index contributed by atoms with van der Waals surface area (Å²) in [6.07, 6.45) is 8.37. The van der Waals surface area contributed by atoms with Crippen LogP contribution in [0.5, 0.6) is 0 Å². The highest BCUT2D eigenvalue weighted by molar-refractivity contribution is 7.13. The Kier molecular flexibility index (Phi) is 3.90. The van der Waals surface area contributed by atoms with Crippen LogP contribution in [0.3, 0.4) is 0 Å². The van der Waals surface area contributed by atoms with Crippen LogP contribution in [0.1, 0.15) is 36.2 Å². The van der Waals surface area contributed by atoms with Crippen LogP contribution in [0.2, 0.25) is 0 Å². The van der Waals surface area contributed by atoms with Crippen LogP contribution >= 0.6 is 11.3 Å². The maximum atomic E-state index is 12.9. The molecule has 1 amide bonds. The monoisotopic (exact) mass is 332 g/mol. The highest BCUT2D eigenvalue weighted by Gasteiger charge is 2.37. The maximum absolute atomic E-state index is 12.9. The van der Waals surface area contributed by atoms with E-state index >= 15 is 0 Å². The number of carbonyl (C=O) groups excluding carboxylic acids is 1. The summed E-state index contributed by atoms with van der Waals surface area (Å²) in [5.41, 5.74) is 1.49. The molecule has 2 aromatic heterocycles. The van der Waals surface area contributed by atoms with Gasteiger partial charge in [-0.3, -0.25) is 9.48 Å². The first kappa shape index (κ1) is 14.8. The average molecular weight is 332 g/mol. The van der Waals surface area contributed by atoms with Crippen LogP contribution in [0.4, 0.5) is 0 Å². The molecule has 2 unspecified atom stereocenters. The summed E-state index contributed by atoms with van der Waals surface area (Å²) in [6, 6.07) is 0.216. The van der Waals surface area contributed by atoms with E-state index in [0.717, 1.165) is 23.4 Å². The number of thiazole rings is 1. The standard InChI is InChI=1S/C16H20N4O2S/c1-19-9-11(8-17-19)15-18-12(10-23-15)16(21)20-6-7-22-14-5-3-2-4-13(14)20/h8-10,13-14H,2-7H2,1H3. The van der Waals surface area contributed by atoms with Gasteiger partial charge in [-0.2, -0.15) is 5.10 Å². The van der Waals surface area contributed by atoms with Crippen LogP contribution in [-0.4, -0.2) is 50.9 Å². The summed E-state index contributed by atoms with van der Waals surface area (Å²) < 4.78 is 7.60. The Morgan fingerprint density at radius 3 is 3.09 bits per heavy atom. The number of ether oxygens (including phenoxy) is 1. The summed E-state index contributed by atoms with van der Waals surface area (Å²) in [7, 11) is 1.88. The van der Waals surface area contributed by atoms with Crippen molar-refractivity contribution in [1.82, 2.24) is 19.7 Å². The number of fused-ring (bicyclic) bond motifs is 1. The molecule has 7 heteroatoms. The Balaban J connectivity index is 1.55. The summed E-state index contributed by atoms with van der Waals surface area (Å²) in [6.45, 7) is 1.30. The van der Waals surface area contributed by atoms with E-state index in [0.29, 0.717) is 18.8 Å². The lowest BCUT2D eigenvalue weighted by Gasteiger charge is -2.43. The summed E-state index contributed by atoms with van der Waals surface area (Å²) >= 11 is 1.49. The second-order valence-corrected chi connectivity index (χ2v) is 7.06. The predicted octanol–water partition coefficient (Wildman–Crippen LogP) is 2.33. The van der Waals surface area contributed by atoms with Gasteiger partial charge in [0.2, 0.25) is 0 Å². The molecule has 1 aliphatic carbocycles. The van der Waals surface area contributed by atoms with Gasteiger partial charge in [-0.05, 0) is 12.8 Å². The van der Waals surface area contributed by atoms with E-state index < -0.39 is 0 Å². The van der Waals surface area contributed by atoms with Crippen LogP contribution in [0, 0.1) is 0 Å². The second-order valence-electron chi connectivity index (χ2n) is 6.20. The van der Waals surface area contributed by atoms with Crippen molar-refractivity contribution in [3.8, 4) is 10.6 Å². The minimum absolute atomic E-state index is 0.0385. The number of nitrogens with zero attached hydrogens (tertiary/aromatic N) is 4. The Morgan fingerprint density at radius 2 is 2.26 bits per heavy atom. The van der Waals surface area contributed by atoms with Gasteiger partial charge in [0.1, 0.15) is 10.7 Å². The highest BCUT2D eigenvalue weighted by Crippen LogP contribution is 2.30. The van der Waals surface area contributed by atoms with E-state index in [-0.39, 0.29) is 18.1 Å². The normalized spacial score (nSPS) is 24.5. The Labute approximate surface area is 139 Å². The van der Waals surface area contributed by atoms with Gasteiger partial charge in [-0.15, -0.1) is 11.3 Å². The molecule has 23 heavy (non-hydrogen) atoms. The SMILES string of the molecule is Cn1cc(-c2nc(C(=O)N3CCOC4CCCCC43)cs2)cn1. The summed E-state index contributed by atoms with van der Waals surface area (Å²) in [5.74, 6) is 0.0385. The number of hydrogen-bond donors (Lipinski definition) is 0. The Bertz CT molecular complexity index is 709. The molecule has 1 saturated heterocycles. The van der Waals surface area contributed by atoms with E-state index in [4.69, 9.17) is 4.74 Å². The van der Waals surface area contributed by atoms with Crippen molar-refractivity contribution in [2.75, 3.05) is 13.2 Å². The van der Waals surface area contributed by atoms with Gasteiger partial charge in [-0.25, -0.2) is 4.98 Å². The molecule has 0 aromatic carbocycles. The molecule has 2 aromatic rings.